The summed E-state index contributed by atoms with van der Waals surface area (Å²) in [6.07, 6.45) is 0.271. The van der Waals surface area contributed by atoms with E-state index in [1.165, 1.54) is 0 Å². The van der Waals surface area contributed by atoms with Crippen LogP contribution in [0.4, 0.5) is 0 Å². The molecule has 0 saturated heterocycles. The smallest absolute Gasteiger partial charge is 0.233 e. The van der Waals surface area contributed by atoms with Crippen LogP contribution in [0.1, 0.15) is 18.9 Å². The first-order valence-corrected chi connectivity index (χ1v) is 6.96. The molecule has 0 radical (unpaired) electrons. The number of carbonyl (C=O) groups excluding carboxylic acids is 1. The van der Waals surface area contributed by atoms with Crippen molar-refractivity contribution in [2.24, 2.45) is 0 Å². The molecule has 5 heteroatoms. The van der Waals surface area contributed by atoms with Gasteiger partial charge >= 0.3 is 0 Å². The lowest BCUT2D eigenvalue weighted by atomic mass is 10.2. The molecule has 1 atom stereocenters. The highest BCUT2D eigenvalue weighted by Crippen LogP contribution is 2.12. The average Bonchev–Trinajstić information content (AvgIpc) is 2.43. The minimum atomic E-state index is -0.644. The van der Waals surface area contributed by atoms with Crippen LogP contribution in [-0.4, -0.2) is 43.4 Å². The van der Waals surface area contributed by atoms with Gasteiger partial charge in [0, 0.05) is 13.1 Å². The van der Waals surface area contributed by atoms with E-state index in [4.69, 9.17) is 4.74 Å². The maximum Gasteiger partial charge on any atom is 0.233 e. The van der Waals surface area contributed by atoms with E-state index in [9.17, 15) is 9.90 Å². The zero-order valence-corrected chi connectivity index (χ0v) is 12.2. The van der Waals surface area contributed by atoms with E-state index < -0.39 is 6.10 Å². The molecule has 0 heterocycles. The van der Waals surface area contributed by atoms with Crippen molar-refractivity contribution in [1.29, 1.82) is 0 Å². The molecule has 1 aromatic rings. The lowest BCUT2D eigenvalue weighted by molar-refractivity contribution is -0.120. The second-order valence-electron chi connectivity index (χ2n) is 4.76. The number of rotatable bonds is 9. The third-order valence-electron chi connectivity index (χ3n) is 2.67. The Kier molecular flexibility index (Phi) is 7.69. The first-order chi connectivity index (χ1) is 9.61. The molecule has 0 spiro atoms. The molecule has 0 aliphatic heterocycles. The van der Waals surface area contributed by atoms with Crippen molar-refractivity contribution in [2.45, 2.75) is 26.4 Å². The molecule has 1 amide bonds. The van der Waals surface area contributed by atoms with Crippen LogP contribution in [0.5, 0.6) is 5.75 Å². The fraction of sp³-hybridized carbons (Fsp3) is 0.533. The van der Waals surface area contributed by atoms with Gasteiger partial charge in [0.05, 0.1) is 6.54 Å². The van der Waals surface area contributed by atoms with Gasteiger partial charge < -0.3 is 20.5 Å². The van der Waals surface area contributed by atoms with Gasteiger partial charge in [-0.25, -0.2) is 0 Å². The SMILES string of the molecule is CCCNC(=O)CNCC(O)COc1cccc(C)c1. The van der Waals surface area contributed by atoms with Crippen molar-refractivity contribution in [3.63, 3.8) is 0 Å². The monoisotopic (exact) mass is 280 g/mol. The van der Waals surface area contributed by atoms with Crippen LogP contribution in [0.2, 0.25) is 0 Å². The lowest BCUT2D eigenvalue weighted by Crippen LogP contribution is -2.39. The van der Waals surface area contributed by atoms with E-state index in [1.807, 2.05) is 38.1 Å². The summed E-state index contributed by atoms with van der Waals surface area (Å²) < 4.78 is 5.48. The van der Waals surface area contributed by atoms with Gasteiger partial charge in [-0.3, -0.25) is 4.79 Å². The summed E-state index contributed by atoms with van der Waals surface area (Å²) in [7, 11) is 0. The highest BCUT2D eigenvalue weighted by molar-refractivity contribution is 5.77. The number of aliphatic hydroxyl groups is 1. The molecule has 0 bridgehead atoms. The Labute approximate surface area is 120 Å². The third kappa shape index (κ3) is 7.11. The molecule has 0 aliphatic carbocycles. The molecular formula is C15H24N2O3. The van der Waals surface area contributed by atoms with Gasteiger partial charge in [-0.15, -0.1) is 0 Å². The summed E-state index contributed by atoms with van der Waals surface area (Å²) in [6.45, 7) is 5.40. The quantitative estimate of drug-likeness (QED) is 0.627. The van der Waals surface area contributed by atoms with Crippen molar-refractivity contribution in [1.82, 2.24) is 10.6 Å². The number of ether oxygens (including phenoxy) is 1. The van der Waals surface area contributed by atoms with E-state index in [0.29, 0.717) is 13.1 Å². The fourth-order valence-electron chi connectivity index (χ4n) is 1.64. The Bertz CT molecular complexity index is 410. The zero-order chi connectivity index (χ0) is 14.8. The second-order valence-corrected chi connectivity index (χ2v) is 4.76. The van der Waals surface area contributed by atoms with Crippen LogP contribution in [0, 0.1) is 6.92 Å². The molecule has 0 aromatic heterocycles. The molecule has 20 heavy (non-hydrogen) atoms. The van der Waals surface area contributed by atoms with Crippen LogP contribution < -0.4 is 15.4 Å². The van der Waals surface area contributed by atoms with Gasteiger partial charge in [0.1, 0.15) is 18.5 Å². The average molecular weight is 280 g/mol. The van der Waals surface area contributed by atoms with Crippen molar-refractivity contribution in [3.8, 4) is 5.75 Å². The van der Waals surface area contributed by atoms with Gasteiger partial charge in [-0.1, -0.05) is 19.1 Å². The molecule has 0 aliphatic rings. The number of amides is 1. The number of carbonyl (C=O) groups is 1. The van der Waals surface area contributed by atoms with Crippen LogP contribution in [0.25, 0.3) is 0 Å². The van der Waals surface area contributed by atoms with Gasteiger partial charge in [-0.2, -0.15) is 0 Å². The lowest BCUT2D eigenvalue weighted by Gasteiger charge is -2.13. The first-order valence-electron chi connectivity index (χ1n) is 6.96. The van der Waals surface area contributed by atoms with Crippen LogP contribution in [-0.2, 0) is 4.79 Å². The minimum Gasteiger partial charge on any atom is -0.491 e. The second kappa shape index (κ2) is 9.34. The molecule has 0 saturated carbocycles. The Balaban J connectivity index is 2.14. The number of aliphatic hydroxyl groups excluding tert-OH is 1. The number of hydrogen-bond donors (Lipinski definition) is 3. The third-order valence-corrected chi connectivity index (χ3v) is 2.67. The van der Waals surface area contributed by atoms with Crippen LogP contribution >= 0.6 is 0 Å². The van der Waals surface area contributed by atoms with Gasteiger partial charge in [0.2, 0.25) is 5.91 Å². The largest absolute Gasteiger partial charge is 0.491 e. The topological polar surface area (TPSA) is 70.6 Å². The summed E-state index contributed by atoms with van der Waals surface area (Å²) in [5.41, 5.74) is 1.11. The number of benzene rings is 1. The van der Waals surface area contributed by atoms with Crippen LogP contribution in [0.3, 0.4) is 0 Å². The van der Waals surface area contributed by atoms with Crippen LogP contribution in [0.15, 0.2) is 24.3 Å². The Morgan fingerprint density at radius 1 is 1.45 bits per heavy atom. The molecular weight excluding hydrogens is 256 g/mol. The summed E-state index contributed by atoms with van der Waals surface area (Å²) in [6, 6.07) is 7.66. The molecule has 1 unspecified atom stereocenters. The van der Waals surface area contributed by atoms with Crippen molar-refractivity contribution in [3.05, 3.63) is 29.8 Å². The summed E-state index contributed by atoms with van der Waals surface area (Å²) in [4.78, 5) is 11.3. The number of nitrogens with one attached hydrogen (secondary N) is 2. The minimum absolute atomic E-state index is 0.0568. The Hall–Kier alpha value is -1.59. The van der Waals surface area contributed by atoms with Crippen molar-refractivity contribution < 1.29 is 14.6 Å². The summed E-state index contributed by atoms with van der Waals surface area (Å²) in [5.74, 6) is 0.684. The highest BCUT2D eigenvalue weighted by Gasteiger charge is 2.06. The van der Waals surface area contributed by atoms with E-state index in [0.717, 1.165) is 17.7 Å². The number of aryl methyl sites for hydroxylation is 1. The van der Waals surface area contributed by atoms with E-state index in [2.05, 4.69) is 10.6 Å². The molecule has 5 nitrogen and oxygen atoms in total. The predicted molar refractivity (Wildman–Crippen MR) is 78.9 cm³/mol. The number of hydrogen-bond acceptors (Lipinski definition) is 4. The fourth-order valence-corrected chi connectivity index (χ4v) is 1.64. The van der Waals surface area contributed by atoms with Gasteiger partial charge in [0.15, 0.2) is 0 Å². The molecule has 3 N–H and O–H groups in total. The predicted octanol–water partition coefficient (Wildman–Crippen LogP) is 0.851. The Morgan fingerprint density at radius 2 is 2.25 bits per heavy atom. The van der Waals surface area contributed by atoms with Crippen molar-refractivity contribution in [2.75, 3.05) is 26.2 Å². The van der Waals surface area contributed by atoms with Gasteiger partial charge in [-0.05, 0) is 31.0 Å². The van der Waals surface area contributed by atoms with Crippen molar-refractivity contribution >= 4 is 5.91 Å². The normalized spacial score (nSPS) is 11.9. The highest BCUT2D eigenvalue weighted by atomic mass is 16.5. The first kappa shape index (κ1) is 16.5. The van der Waals surface area contributed by atoms with E-state index >= 15 is 0 Å². The maximum atomic E-state index is 11.3. The van der Waals surface area contributed by atoms with Gasteiger partial charge in [0.25, 0.3) is 0 Å². The zero-order valence-electron chi connectivity index (χ0n) is 12.2. The molecule has 0 fully saturated rings. The molecule has 1 rings (SSSR count). The van der Waals surface area contributed by atoms with E-state index in [1.54, 1.807) is 0 Å². The summed E-state index contributed by atoms with van der Waals surface area (Å²) in [5, 5.41) is 15.4. The molecule has 112 valence electrons. The molecule has 1 aromatic carbocycles. The van der Waals surface area contributed by atoms with E-state index in [-0.39, 0.29) is 19.1 Å². The maximum absolute atomic E-state index is 11.3. The standard InChI is InChI=1S/C15H24N2O3/c1-3-7-17-15(19)10-16-9-13(18)11-20-14-6-4-5-12(2)8-14/h4-6,8,13,16,18H,3,7,9-11H2,1-2H3,(H,17,19). The Morgan fingerprint density at radius 3 is 2.95 bits per heavy atom. The summed E-state index contributed by atoms with van der Waals surface area (Å²) >= 11 is 0.